The number of aliphatic hydroxyl groups is 11. The highest BCUT2D eigenvalue weighted by Gasteiger charge is 2.75. The molecule has 0 aromatic carbocycles. The first-order valence-electron chi connectivity index (χ1n) is 24.8. The van der Waals surface area contributed by atoms with Crippen molar-refractivity contribution < 1.29 is 99.3 Å². The molecule has 0 aromatic heterocycles. The van der Waals surface area contributed by atoms with Crippen LogP contribution in [0.15, 0.2) is 0 Å². The molecule has 390 valence electrons. The minimum absolute atomic E-state index is 0.125. The number of hydrogen-bond acceptors (Lipinski definition) is 19. The smallest absolute Gasteiger partial charge is 0.314 e. The van der Waals surface area contributed by atoms with Gasteiger partial charge in [-0.15, -0.1) is 0 Å². The van der Waals surface area contributed by atoms with E-state index in [1.807, 2.05) is 13.8 Å². The van der Waals surface area contributed by atoms with Crippen molar-refractivity contribution in [3.05, 3.63) is 0 Å². The predicted octanol–water partition coefficient (Wildman–Crippen LogP) is -0.716. The van der Waals surface area contributed by atoms with Gasteiger partial charge in [0.15, 0.2) is 12.6 Å². The molecular formula is C48H78O20. The summed E-state index contributed by atoms with van der Waals surface area (Å²) in [6, 6.07) is 0. The first kappa shape index (κ1) is 52.6. The lowest BCUT2D eigenvalue weighted by Crippen LogP contribution is -2.69. The molecule has 20 heteroatoms. The molecule has 0 aromatic rings. The van der Waals surface area contributed by atoms with Crippen LogP contribution in [0.4, 0.5) is 0 Å². The lowest BCUT2D eigenvalue weighted by atomic mass is 9.32. The van der Waals surface area contributed by atoms with Crippen LogP contribution in [-0.4, -0.2) is 190 Å². The van der Waals surface area contributed by atoms with Gasteiger partial charge in [-0.3, -0.25) is 9.59 Å². The molecule has 12 N–H and O–H groups in total. The van der Waals surface area contributed by atoms with Gasteiger partial charge in [0.2, 0.25) is 6.29 Å². The van der Waals surface area contributed by atoms with E-state index in [1.54, 1.807) is 6.92 Å². The molecule has 0 bridgehead atoms. The van der Waals surface area contributed by atoms with E-state index < -0.39 is 146 Å². The van der Waals surface area contributed by atoms with E-state index in [-0.39, 0.29) is 46.3 Å². The molecule has 3 heterocycles. The Morgan fingerprint density at radius 2 is 1.26 bits per heavy atom. The monoisotopic (exact) mass is 975 g/mol. The predicted molar refractivity (Wildman–Crippen MR) is 232 cm³/mol. The van der Waals surface area contributed by atoms with Crippen LogP contribution in [0.25, 0.3) is 0 Å². The van der Waals surface area contributed by atoms with Crippen molar-refractivity contribution in [3.8, 4) is 0 Å². The van der Waals surface area contributed by atoms with Gasteiger partial charge in [0, 0.05) is 5.92 Å². The van der Waals surface area contributed by atoms with Crippen LogP contribution >= 0.6 is 0 Å². The number of hydrogen-bond donors (Lipinski definition) is 12. The number of aliphatic hydroxyl groups excluding tert-OH is 10. The Balaban J connectivity index is 0.983. The average molecular weight is 975 g/mol. The summed E-state index contributed by atoms with van der Waals surface area (Å²) in [6.45, 7) is 12.4. The highest BCUT2D eigenvalue weighted by molar-refractivity contribution is 5.79. The van der Waals surface area contributed by atoms with Gasteiger partial charge in [0.1, 0.15) is 67.1 Å². The largest absolute Gasteiger partial charge is 0.481 e. The van der Waals surface area contributed by atoms with Gasteiger partial charge < -0.3 is 89.7 Å². The number of carboxylic acids is 1. The Hall–Kier alpha value is -1.70. The van der Waals surface area contributed by atoms with Crippen molar-refractivity contribution in [1.29, 1.82) is 0 Å². The summed E-state index contributed by atoms with van der Waals surface area (Å²) in [6.07, 6.45) is -20.3. The second kappa shape index (κ2) is 18.3. The van der Waals surface area contributed by atoms with Crippen LogP contribution in [-0.2, 0) is 38.0 Å². The highest BCUT2D eigenvalue weighted by atomic mass is 16.8. The lowest BCUT2D eigenvalue weighted by Gasteiger charge is -2.72. The Morgan fingerprint density at radius 1 is 0.647 bits per heavy atom. The summed E-state index contributed by atoms with van der Waals surface area (Å²) in [5, 5.41) is 131. The number of aliphatic carboxylic acids is 1. The maximum absolute atomic E-state index is 15.0. The third-order valence-corrected chi connectivity index (χ3v) is 20.3. The number of fused-ring (bicyclic) bond motifs is 7. The van der Waals surface area contributed by atoms with Gasteiger partial charge in [-0.05, 0) is 118 Å². The summed E-state index contributed by atoms with van der Waals surface area (Å²) >= 11 is 0. The Morgan fingerprint density at radius 3 is 1.91 bits per heavy atom. The van der Waals surface area contributed by atoms with Crippen molar-refractivity contribution >= 4 is 11.9 Å². The van der Waals surface area contributed by atoms with Crippen LogP contribution in [0.2, 0.25) is 0 Å². The normalized spacial score (nSPS) is 55.9. The minimum atomic E-state index is -1.91. The SMILES string of the molecule is CC1OC(OC2C(CO)OC(OCC3OC(OC(=O)C45CCC(O)(C(C)C)C4C4CCC6C7(C)CCC(O)C(C)(C(=O)O)C7CCC6(C)C4(C)CC5)C(O)C(O)C3O)C(O)C2O)C(O)C(O)C1O. The van der Waals surface area contributed by atoms with Crippen molar-refractivity contribution in [2.45, 2.75) is 216 Å². The Bertz CT molecular complexity index is 1860. The third kappa shape index (κ3) is 7.67. The van der Waals surface area contributed by atoms with Crippen LogP contribution in [0.3, 0.4) is 0 Å². The summed E-state index contributed by atoms with van der Waals surface area (Å²) in [4.78, 5) is 27.9. The summed E-state index contributed by atoms with van der Waals surface area (Å²) in [7, 11) is 0. The molecule has 8 fully saturated rings. The summed E-state index contributed by atoms with van der Waals surface area (Å²) < 4.78 is 34.6. The van der Waals surface area contributed by atoms with Gasteiger partial charge >= 0.3 is 11.9 Å². The summed E-state index contributed by atoms with van der Waals surface area (Å²) in [5.74, 6) is -2.79. The maximum Gasteiger partial charge on any atom is 0.314 e. The van der Waals surface area contributed by atoms with Gasteiger partial charge in [0.05, 0.1) is 41.9 Å². The number of carbonyl (C=O) groups is 2. The van der Waals surface area contributed by atoms with Crippen LogP contribution in [0.5, 0.6) is 0 Å². The van der Waals surface area contributed by atoms with E-state index in [0.29, 0.717) is 44.9 Å². The van der Waals surface area contributed by atoms with E-state index in [4.69, 9.17) is 28.4 Å². The number of esters is 1. The molecule has 8 aliphatic rings. The Kier molecular flexibility index (Phi) is 14.2. The fourth-order valence-corrected chi connectivity index (χ4v) is 15.8. The summed E-state index contributed by atoms with van der Waals surface area (Å²) in [5.41, 5.74) is -4.84. The number of ether oxygens (including phenoxy) is 6. The van der Waals surface area contributed by atoms with Gasteiger partial charge in [0.25, 0.3) is 0 Å². The van der Waals surface area contributed by atoms with Gasteiger partial charge in [-0.2, -0.15) is 0 Å². The molecule has 68 heavy (non-hydrogen) atoms. The standard InChI is InChI=1S/C48H78O20/c1-20(2)48(62)17-16-47(15-14-44(5)22(37(47)48)8-9-25-43(4)12-11-27(50)46(7,41(59)60)26(43)10-13-45(25,44)6)42(61)68-40-34(57)31(54)29(52)24(66-40)19-63-38-35(58)32(55)36(23(18-49)65-38)67-39-33(56)30(53)28(51)21(3)64-39/h20-40,49-58,62H,8-19H2,1-7H3,(H,59,60). The number of rotatable bonds is 10. The van der Waals surface area contributed by atoms with Crippen molar-refractivity contribution in [3.63, 3.8) is 0 Å². The second-order valence-corrected chi connectivity index (χ2v) is 23.3. The number of carboxylic acid groups (broad SMARTS) is 1. The first-order valence-corrected chi connectivity index (χ1v) is 24.8. The molecule has 5 aliphatic carbocycles. The van der Waals surface area contributed by atoms with E-state index >= 15 is 4.79 Å². The van der Waals surface area contributed by atoms with Crippen molar-refractivity contribution in [2.24, 2.45) is 56.7 Å². The molecule has 26 unspecified atom stereocenters. The highest BCUT2D eigenvalue weighted by Crippen LogP contribution is 2.78. The second-order valence-electron chi connectivity index (χ2n) is 23.3. The zero-order chi connectivity index (χ0) is 50.0. The molecule has 8 rings (SSSR count). The van der Waals surface area contributed by atoms with Crippen LogP contribution in [0.1, 0.15) is 113 Å². The average Bonchev–Trinajstić information content (AvgIpc) is 3.62. The molecule has 0 amide bonds. The molecule has 3 aliphatic heterocycles. The Labute approximate surface area is 396 Å². The fourth-order valence-electron chi connectivity index (χ4n) is 15.8. The van der Waals surface area contributed by atoms with Crippen LogP contribution in [0, 0.1) is 56.7 Å². The van der Waals surface area contributed by atoms with Crippen molar-refractivity contribution in [2.75, 3.05) is 13.2 Å². The quantitative estimate of drug-likeness (QED) is 0.120. The van der Waals surface area contributed by atoms with E-state index in [1.165, 1.54) is 6.92 Å². The van der Waals surface area contributed by atoms with Crippen molar-refractivity contribution in [1.82, 2.24) is 0 Å². The van der Waals surface area contributed by atoms with E-state index in [0.717, 1.165) is 12.8 Å². The maximum atomic E-state index is 15.0. The van der Waals surface area contributed by atoms with Gasteiger partial charge in [-0.25, -0.2) is 0 Å². The third-order valence-electron chi connectivity index (χ3n) is 20.3. The van der Waals surface area contributed by atoms with E-state index in [2.05, 4.69) is 20.8 Å². The topological polar surface area (TPSA) is 332 Å². The molecule has 0 spiro atoms. The first-order chi connectivity index (χ1) is 31.7. The zero-order valence-corrected chi connectivity index (χ0v) is 40.2. The lowest BCUT2D eigenvalue weighted by molar-refractivity contribution is -0.361. The molecule has 5 saturated carbocycles. The van der Waals surface area contributed by atoms with Crippen LogP contribution < -0.4 is 0 Å². The zero-order valence-electron chi connectivity index (χ0n) is 40.2. The molecule has 3 saturated heterocycles. The van der Waals surface area contributed by atoms with E-state index in [9.17, 15) is 66.1 Å². The fraction of sp³-hybridized carbons (Fsp3) is 0.958. The van der Waals surface area contributed by atoms with Gasteiger partial charge in [-0.1, -0.05) is 34.6 Å². The number of carbonyl (C=O) groups excluding carboxylic acids is 1. The minimum Gasteiger partial charge on any atom is -0.481 e. The molecule has 0 radical (unpaired) electrons. The molecule has 26 atom stereocenters. The molecular weight excluding hydrogens is 897 g/mol. The molecule has 20 nitrogen and oxygen atoms in total.